The van der Waals surface area contributed by atoms with Crippen molar-refractivity contribution in [3.63, 3.8) is 0 Å². The van der Waals surface area contributed by atoms with Crippen LogP contribution in [0.5, 0.6) is 5.75 Å². The predicted octanol–water partition coefficient (Wildman–Crippen LogP) is 1.38. The Morgan fingerprint density at radius 3 is 2.88 bits per heavy atom. The predicted molar refractivity (Wildman–Crippen MR) is 95.3 cm³/mol. The molecule has 0 atom stereocenters. The molecule has 9 heteroatoms. The fraction of sp³-hybridized carbons (Fsp3) is 0.176. The number of benzene rings is 2. The van der Waals surface area contributed by atoms with Crippen LogP contribution in [0, 0.1) is 0 Å². The molecule has 2 N–H and O–H groups in total. The van der Waals surface area contributed by atoms with E-state index in [9.17, 15) is 13.2 Å². The van der Waals surface area contributed by atoms with E-state index >= 15 is 0 Å². The highest BCUT2D eigenvalue weighted by atomic mass is 32.2. The van der Waals surface area contributed by atoms with E-state index in [2.05, 4.69) is 15.0 Å². The minimum atomic E-state index is -3.77. The molecule has 1 amide bonds. The summed E-state index contributed by atoms with van der Waals surface area (Å²) in [6, 6.07) is 11.9. The second-order valence-corrected chi connectivity index (χ2v) is 7.66. The third kappa shape index (κ3) is 2.91. The van der Waals surface area contributed by atoms with E-state index in [1.54, 1.807) is 0 Å². The fourth-order valence-electron chi connectivity index (χ4n) is 2.83. The SMILES string of the molecule is Cn1c(CNS(=O)(=O)c2ccc3c(c2)NC(=O)CO3)nc2ccccc21. The molecule has 1 aromatic heterocycles. The van der Waals surface area contributed by atoms with Gasteiger partial charge in [-0.2, -0.15) is 0 Å². The molecular weight excluding hydrogens is 356 g/mol. The molecule has 4 rings (SSSR count). The molecule has 0 aliphatic carbocycles. The van der Waals surface area contributed by atoms with Gasteiger partial charge in [-0.25, -0.2) is 18.1 Å². The maximum absolute atomic E-state index is 12.6. The molecule has 0 unspecified atom stereocenters. The van der Waals surface area contributed by atoms with E-state index in [-0.39, 0.29) is 24.0 Å². The Labute approximate surface area is 149 Å². The molecule has 0 radical (unpaired) electrons. The first-order chi connectivity index (χ1) is 12.4. The van der Waals surface area contributed by atoms with Gasteiger partial charge < -0.3 is 14.6 Å². The number of aryl methyl sites for hydroxylation is 1. The van der Waals surface area contributed by atoms with E-state index in [0.29, 0.717) is 17.3 Å². The van der Waals surface area contributed by atoms with Crippen LogP contribution < -0.4 is 14.8 Å². The lowest BCUT2D eigenvalue weighted by Gasteiger charge is -2.18. The van der Waals surface area contributed by atoms with Crippen LogP contribution in [0.25, 0.3) is 11.0 Å². The second-order valence-electron chi connectivity index (χ2n) is 5.90. The maximum Gasteiger partial charge on any atom is 0.262 e. The molecular formula is C17H16N4O4S. The van der Waals surface area contributed by atoms with Crippen LogP contribution in [0.3, 0.4) is 0 Å². The van der Waals surface area contributed by atoms with Crippen molar-refractivity contribution in [2.75, 3.05) is 11.9 Å². The lowest BCUT2D eigenvalue weighted by Crippen LogP contribution is -2.27. The molecule has 1 aliphatic rings. The van der Waals surface area contributed by atoms with Gasteiger partial charge in [0.15, 0.2) is 6.61 Å². The van der Waals surface area contributed by atoms with Gasteiger partial charge in [-0.3, -0.25) is 4.79 Å². The van der Waals surface area contributed by atoms with Crippen molar-refractivity contribution in [1.82, 2.24) is 14.3 Å². The molecule has 8 nitrogen and oxygen atoms in total. The van der Waals surface area contributed by atoms with Crippen molar-refractivity contribution in [2.45, 2.75) is 11.4 Å². The second kappa shape index (κ2) is 6.11. The number of amides is 1. The summed E-state index contributed by atoms with van der Waals surface area (Å²) < 4.78 is 34.8. The number of aromatic nitrogens is 2. The summed E-state index contributed by atoms with van der Waals surface area (Å²) in [6.07, 6.45) is 0. The van der Waals surface area contributed by atoms with Crippen LogP contribution in [0.4, 0.5) is 5.69 Å². The summed E-state index contributed by atoms with van der Waals surface area (Å²) in [5, 5.41) is 2.60. The molecule has 3 aromatic rings. The molecule has 2 aromatic carbocycles. The third-order valence-electron chi connectivity index (χ3n) is 4.19. The number of nitrogens with one attached hydrogen (secondary N) is 2. The van der Waals surface area contributed by atoms with Gasteiger partial charge in [-0.15, -0.1) is 0 Å². The van der Waals surface area contributed by atoms with Crippen molar-refractivity contribution in [3.8, 4) is 5.75 Å². The molecule has 1 aliphatic heterocycles. The van der Waals surface area contributed by atoms with Gasteiger partial charge in [0, 0.05) is 7.05 Å². The smallest absolute Gasteiger partial charge is 0.262 e. The fourth-order valence-corrected chi connectivity index (χ4v) is 3.83. The Hall–Kier alpha value is -2.91. The standard InChI is InChI=1S/C17H16N4O4S/c1-21-14-5-3-2-4-12(14)19-16(21)9-18-26(23,24)11-6-7-15-13(8-11)20-17(22)10-25-15/h2-8,18H,9-10H2,1H3,(H,20,22). The maximum atomic E-state index is 12.6. The monoisotopic (exact) mass is 372 g/mol. The van der Waals surface area contributed by atoms with Gasteiger partial charge in [0.1, 0.15) is 11.6 Å². The molecule has 2 heterocycles. The molecule has 0 spiro atoms. The minimum absolute atomic E-state index is 0.0424. The highest BCUT2D eigenvalue weighted by Crippen LogP contribution is 2.30. The first-order valence-electron chi connectivity index (χ1n) is 7.91. The first-order valence-corrected chi connectivity index (χ1v) is 9.39. The number of carbonyl (C=O) groups is 1. The van der Waals surface area contributed by atoms with Crippen LogP contribution >= 0.6 is 0 Å². The number of carbonyl (C=O) groups excluding carboxylic acids is 1. The van der Waals surface area contributed by atoms with Crippen molar-refractivity contribution in [2.24, 2.45) is 7.05 Å². The minimum Gasteiger partial charge on any atom is -0.482 e. The molecule has 0 bridgehead atoms. The Morgan fingerprint density at radius 2 is 2.08 bits per heavy atom. The lowest BCUT2D eigenvalue weighted by molar-refractivity contribution is -0.118. The lowest BCUT2D eigenvalue weighted by atomic mass is 10.2. The first kappa shape index (κ1) is 16.6. The molecule has 134 valence electrons. The molecule has 26 heavy (non-hydrogen) atoms. The normalized spacial score (nSPS) is 14.0. The van der Waals surface area contributed by atoms with E-state index in [1.807, 2.05) is 35.9 Å². The summed E-state index contributed by atoms with van der Waals surface area (Å²) in [4.78, 5) is 15.9. The largest absolute Gasteiger partial charge is 0.482 e. The van der Waals surface area contributed by atoms with Crippen molar-refractivity contribution in [1.29, 1.82) is 0 Å². The van der Waals surface area contributed by atoms with E-state index in [4.69, 9.17) is 4.74 Å². The molecule has 0 saturated heterocycles. The summed E-state index contributed by atoms with van der Waals surface area (Å²) >= 11 is 0. The van der Waals surface area contributed by atoms with Gasteiger partial charge in [0.05, 0.1) is 28.2 Å². The number of sulfonamides is 1. The zero-order valence-electron chi connectivity index (χ0n) is 13.9. The van der Waals surface area contributed by atoms with Crippen LogP contribution in [0.15, 0.2) is 47.4 Å². The van der Waals surface area contributed by atoms with Gasteiger partial charge >= 0.3 is 0 Å². The highest BCUT2D eigenvalue weighted by Gasteiger charge is 2.21. The Kier molecular flexibility index (Phi) is 3.89. The van der Waals surface area contributed by atoms with E-state index < -0.39 is 10.0 Å². The van der Waals surface area contributed by atoms with Gasteiger partial charge in [0.25, 0.3) is 5.91 Å². The van der Waals surface area contributed by atoms with Crippen molar-refractivity contribution >= 4 is 32.7 Å². The van der Waals surface area contributed by atoms with Crippen LogP contribution in [-0.4, -0.2) is 30.5 Å². The third-order valence-corrected chi connectivity index (χ3v) is 5.59. The van der Waals surface area contributed by atoms with Crippen LogP contribution in [-0.2, 0) is 28.4 Å². The highest BCUT2D eigenvalue weighted by molar-refractivity contribution is 7.89. The number of hydrogen-bond donors (Lipinski definition) is 2. The number of fused-ring (bicyclic) bond motifs is 2. The quantitative estimate of drug-likeness (QED) is 0.720. The van der Waals surface area contributed by atoms with Gasteiger partial charge in [0.2, 0.25) is 10.0 Å². The summed E-state index contributed by atoms with van der Waals surface area (Å²) in [5.74, 6) is 0.725. The zero-order chi connectivity index (χ0) is 18.3. The summed E-state index contributed by atoms with van der Waals surface area (Å²) in [7, 11) is -1.94. The molecule has 0 saturated carbocycles. The number of nitrogens with zero attached hydrogens (tertiary/aromatic N) is 2. The van der Waals surface area contributed by atoms with Crippen LogP contribution in [0.1, 0.15) is 5.82 Å². The Balaban J connectivity index is 1.58. The van der Waals surface area contributed by atoms with Gasteiger partial charge in [-0.05, 0) is 30.3 Å². The van der Waals surface area contributed by atoms with Gasteiger partial charge in [-0.1, -0.05) is 12.1 Å². The van der Waals surface area contributed by atoms with Crippen molar-refractivity contribution in [3.05, 3.63) is 48.3 Å². The topological polar surface area (TPSA) is 102 Å². The van der Waals surface area contributed by atoms with Crippen LogP contribution in [0.2, 0.25) is 0 Å². The number of hydrogen-bond acceptors (Lipinski definition) is 5. The van der Waals surface area contributed by atoms with Crippen molar-refractivity contribution < 1.29 is 17.9 Å². The number of rotatable bonds is 4. The molecule has 0 fully saturated rings. The average Bonchev–Trinajstić information content (AvgIpc) is 2.96. The summed E-state index contributed by atoms with van der Waals surface area (Å²) in [5.41, 5.74) is 2.07. The Morgan fingerprint density at radius 1 is 1.27 bits per heavy atom. The number of para-hydroxylation sites is 2. The zero-order valence-corrected chi connectivity index (χ0v) is 14.7. The van der Waals surface area contributed by atoms with E-state index in [1.165, 1.54) is 18.2 Å². The number of imidazole rings is 1. The summed E-state index contributed by atoms with van der Waals surface area (Å²) in [6.45, 7) is -0.0302. The Bertz CT molecular complexity index is 1120. The average molecular weight is 372 g/mol. The number of ether oxygens (including phenoxy) is 1. The number of anilines is 1. The van der Waals surface area contributed by atoms with E-state index in [0.717, 1.165) is 11.0 Å².